The van der Waals surface area contributed by atoms with Crippen molar-refractivity contribution in [3.8, 4) is 0 Å². The van der Waals surface area contributed by atoms with E-state index in [-0.39, 0.29) is 12.0 Å². The molecule has 0 radical (unpaired) electrons. The molecule has 1 nitrogen and oxygen atoms in total. The van der Waals surface area contributed by atoms with Gasteiger partial charge < -0.3 is 5.11 Å². The summed E-state index contributed by atoms with van der Waals surface area (Å²) in [5.41, 5.74) is 0.994. The Balaban J connectivity index is 2.92. The molecule has 0 amide bonds. The molecule has 10 heavy (non-hydrogen) atoms. The van der Waals surface area contributed by atoms with E-state index in [1.807, 2.05) is 0 Å². The Bertz CT molecular complexity index is 182. The molecule has 0 aromatic heterocycles. The van der Waals surface area contributed by atoms with Crippen LogP contribution < -0.4 is 0 Å². The molecule has 1 heteroatoms. The van der Waals surface area contributed by atoms with Gasteiger partial charge in [0.05, 0.1) is 7.98 Å². The lowest BCUT2D eigenvalue weighted by molar-refractivity contribution is 0.267. The van der Waals surface area contributed by atoms with Crippen LogP contribution in [0.1, 0.15) is 34.5 Å². The summed E-state index contributed by atoms with van der Waals surface area (Å²) < 4.78 is 7.60. The average Bonchev–Trinajstić information content (AvgIpc) is 1.86. The highest BCUT2D eigenvalue weighted by Gasteiger charge is 2.24. The fourth-order valence-corrected chi connectivity index (χ4v) is 1.43. The number of hydrogen-bond donors (Lipinski definition) is 1. The highest BCUT2D eigenvalue weighted by Crippen LogP contribution is 2.35. The van der Waals surface area contributed by atoms with Crippen molar-refractivity contribution >= 4 is 0 Å². The minimum Gasteiger partial charge on any atom is -0.392 e. The normalized spacial score (nSPS) is 26.5. The van der Waals surface area contributed by atoms with Gasteiger partial charge in [-0.15, -0.1) is 0 Å². The second-order valence-corrected chi connectivity index (χ2v) is 3.55. The van der Waals surface area contributed by atoms with Crippen LogP contribution in [0.5, 0.6) is 0 Å². The summed E-state index contributed by atoms with van der Waals surface area (Å²) in [6, 6.07) is 0.656. The predicted octanol–water partition coefficient (Wildman–Crippen LogP) is 2.12. The molecule has 1 rings (SSSR count). The summed E-state index contributed by atoms with van der Waals surface area (Å²) in [6.45, 7) is 4.27. The molecule has 1 aliphatic carbocycles. The molecular weight excluding hydrogens is 124 g/mol. The maximum absolute atomic E-state index is 9.02. The lowest BCUT2D eigenvalue weighted by Crippen LogP contribution is -2.20. The van der Waals surface area contributed by atoms with Crippen molar-refractivity contribution in [2.45, 2.75) is 33.1 Å². The molecule has 1 aliphatic rings. The standard InChI is InChI=1S/C9H16O/c1-9(2)6-4-3-5-8(9)7-10/h5,10H,3-4,6-7H2,1-2H3/i5D. The predicted molar refractivity (Wildman–Crippen MR) is 42.8 cm³/mol. The van der Waals surface area contributed by atoms with Crippen LogP contribution >= 0.6 is 0 Å². The molecule has 58 valence electrons. The third-order valence-electron chi connectivity index (χ3n) is 2.29. The minimum absolute atomic E-state index is 0.0596. The zero-order valence-corrected chi connectivity index (χ0v) is 6.78. The van der Waals surface area contributed by atoms with Gasteiger partial charge in [-0.25, -0.2) is 0 Å². The van der Waals surface area contributed by atoms with Gasteiger partial charge >= 0.3 is 0 Å². The van der Waals surface area contributed by atoms with Gasteiger partial charge in [0.25, 0.3) is 0 Å². The third kappa shape index (κ3) is 1.40. The number of hydrogen-bond acceptors (Lipinski definition) is 1. The van der Waals surface area contributed by atoms with E-state index in [1.54, 1.807) is 0 Å². The van der Waals surface area contributed by atoms with Gasteiger partial charge in [-0.3, -0.25) is 0 Å². The first-order valence-corrected chi connectivity index (χ1v) is 3.88. The van der Waals surface area contributed by atoms with Gasteiger partial charge in [-0.1, -0.05) is 19.9 Å². The molecule has 0 saturated carbocycles. The zero-order valence-electron chi connectivity index (χ0n) is 7.78. The van der Waals surface area contributed by atoms with Gasteiger partial charge in [0.1, 0.15) is 0 Å². The quantitative estimate of drug-likeness (QED) is 0.554. The molecule has 0 spiro atoms. The zero-order chi connectivity index (χ0) is 8.48. The summed E-state index contributed by atoms with van der Waals surface area (Å²) in [5.74, 6) is 0. The smallest absolute Gasteiger partial charge is 0.0646 e. The van der Waals surface area contributed by atoms with E-state index in [1.165, 1.54) is 0 Å². The molecule has 0 bridgehead atoms. The van der Waals surface area contributed by atoms with Gasteiger partial charge in [0.2, 0.25) is 0 Å². The van der Waals surface area contributed by atoms with Crippen molar-refractivity contribution in [1.29, 1.82) is 0 Å². The molecule has 0 aliphatic heterocycles. The van der Waals surface area contributed by atoms with Crippen LogP contribution in [-0.4, -0.2) is 11.7 Å². The topological polar surface area (TPSA) is 20.2 Å². The molecule has 0 aromatic carbocycles. The van der Waals surface area contributed by atoms with Crippen LogP contribution in [0, 0.1) is 5.41 Å². The Morgan fingerprint density at radius 2 is 2.50 bits per heavy atom. The number of aliphatic hydroxyl groups is 1. The fraction of sp³-hybridized carbons (Fsp3) is 0.778. The summed E-state index contributed by atoms with van der Waals surface area (Å²) in [6.07, 6.45) is 3.04. The minimum atomic E-state index is 0.0596. The molecule has 0 atom stereocenters. The number of aliphatic hydroxyl groups excluding tert-OH is 1. The van der Waals surface area contributed by atoms with Gasteiger partial charge in [-0.05, 0) is 30.3 Å². The lowest BCUT2D eigenvalue weighted by Gasteiger charge is -2.30. The monoisotopic (exact) mass is 141 g/mol. The Labute approximate surface area is 64.2 Å². The SMILES string of the molecule is [2H]C1=C(CO)C(C)(C)CCC1. The Morgan fingerprint density at radius 1 is 1.80 bits per heavy atom. The van der Waals surface area contributed by atoms with Crippen LogP contribution in [0.4, 0.5) is 0 Å². The maximum atomic E-state index is 9.02. The fourth-order valence-electron chi connectivity index (χ4n) is 1.43. The average molecular weight is 141 g/mol. The molecule has 0 unspecified atom stereocenters. The number of rotatable bonds is 1. The second kappa shape index (κ2) is 2.75. The van der Waals surface area contributed by atoms with E-state index in [0.717, 1.165) is 24.8 Å². The largest absolute Gasteiger partial charge is 0.392 e. The number of allylic oxidation sites excluding steroid dienone is 1. The van der Waals surface area contributed by atoms with Crippen LogP contribution in [0.15, 0.2) is 11.6 Å². The molecule has 0 fully saturated rings. The van der Waals surface area contributed by atoms with E-state index in [0.29, 0.717) is 6.05 Å². The summed E-state index contributed by atoms with van der Waals surface area (Å²) in [5, 5.41) is 9.02. The lowest BCUT2D eigenvalue weighted by atomic mass is 9.76. The molecular formula is C9H16O. The van der Waals surface area contributed by atoms with Crippen molar-refractivity contribution < 1.29 is 6.48 Å². The van der Waals surface area contributed by atoms with Gasteiger partial charge in [-0.2, -0.15) is 0 Å². The second-order valence-electron chi connectivity index (χ2n) is 3.55. The first-order chi connectivity index (χ1) is 5.08. The Morgan fingerprint density at radius 3 is 2.90 bits per heavy atom. The van der Waals surface area contributed by atoms with Gasteiger partial charge in [0, 0.05) is 0 Å². The van der Waals surface area contributed by atoms with Crippen LogP contribution in [0.25, 0.3) is 0 Å². The maximum Gasteiger partial charge on any atom is 0.0646 e. The highest BCUT2D eigenvalue weighted by molar-refractivity contribution is 5.14. The molecule has 0 saturated heterocycles. The molecule has 0 aromatic rings. The van der Waals surface area contributed by atoms with Crippen molar-refractivity contribution in [1.82, 2.24) is 0 Å². The summed E-state index contributed by atoms with van der Waals surface area (Å²) >= 11 is 0. The summed E-state index contributed by atoms with van der Waals surface area (Å²) in [4.78, 5) is 0. The van der Waals surface area contributed by atoms with E-state index in [9.17, 15) is 0 Å². The summed E-state index contributed by atoms with van der Waals surface area (Å²) in [7, 11) is 0. The van der Waals surface area contributed by atoms with Crippen molar-refractivity contribution in [3.63, 3.8) is 0 Å². The van der Waals surface area contributed by atoms with Gasteiger partial charge in [0.15, 0.2) is 0 Å². The van der Waals surface area contributed by atoms with E-state index in [4.69, 9.17) is 6.48 Å². The van der Waals surface area contributed by atoms with Crippen molar-refractivity contribution in [2.75, 3.05) is 6.61 Å². The van der Waals surface area contributed by atoms with Crippen molar-refractivity contribution in [3.05, 3.63) is 11.6 Å². The first-order valence-electron chi connectivity index (χ1n) is 4.38. The van der Waals surface area contributed by atoms with E-state index < -0.39 is 0 Å². The molecule has 1 N–H and O–H groups in total. The van der Waals surface area contributed by atoms with E-state index >= 15 is 0 Å². The van der Waals surface area contributed by atoms with E-state index in [2.05, 4.69) is 13.8 Å². The Hall–Kier alpha value is -0.300. The highest BCUT2D eigenvalue weighted by atomic mass is 16.3. The molecule has 0 heterocycles. The van der Waals surface area contributed by atoms with Crippen LogP contribution in [0.3, 0.4) is 0 Å². The van der Waals surface area contributed by atoms with Crippen LogP contribution in [0.2, 0.25) is 0 Å². The van der Waals surface area contributed by atoms with Crippen molar-refractivity contribution in [2.24, 2.45) is 5.41 Å². The third-order valence-corrected chi connectivity index (χ3v) is 2.29. The first kappa shape index (κ1) is 6.41. The van der Waals surface area contributed by atoms with Crippen LogP contribution in [-0.2, 0) is 0 Å². The Kier molecular flexibility index (Phi) is 1.76.